The summed E-state index contributed by atoms with van der Waals surface area (Å²) in [6, 6.07) is 81.9. The molecule has 8 aromatic carbocycles. The summed E-state index contributed by atoms with van der Waals surface area (Å²) >= 11 is 0. The highest BCUT2D eigenvalue weighted by atomic mass is 15.0. The maximum atomic E-state index is 5.39. The molecule has 3 heteroatoms. The molecule has 0 spiro atoms. The monoisotopic (exact) mass is 769 g/mol. The summed E-state index contributed by atoms with van der Waals surface area (Å²) in [6.07, 6.45) is 2.27. The van der Waals surface area contributed by atoms with Crippen molar-refractivity contribution in [2.24, 2.45) is 4.99 Å². The third-order valence-corrected chi connectivity index (χ3v) is 11.4. The lowest BCUT2D eigenvalue weighted by atomic mass is 9.76. The topological polar surface area (TPSA) is 36.4 Å². The molecular formula is C57H43N3. The van der Waals surface area contributed by atoms with Gasteiger partial charge in [-0.3, -0.25) is 0 Å². The Morgan fingerprint density at radius 2 is 0.800 bits per heavy atom. The number of amidine groups is 1. The average Bonchev–Trinajstić information content (AvgIpc) is 3.35. The zero-order valence-electron chi connectivity index (χ0n) is 33.1. The maximum absolute atomic E-state index is 5.39. The minimum absolute atomic E-state index is 0.0731. The Morgan fingerprint density at radius 1 is 0.333 bits per heavy atom. The van der Waals surface area contributed by atoms with Crippen LogP contribution < -0.4 is 10.6 Å². The van der Waals surface area contributed by atoms with E-state index in [1.54, 1.807) is 0 Å². The summed E-state index contributed by atoms with van der Waals surface area (Å²) in [7, 11) is 0. The van der Waals surface area contributed by atoms with Gasteiger partial charge >= 0.3 is 0 Å². The van der Waals surface area contributed by atoms with Crippen LogP contribution in [0.15, 0.2) is 242 Å². The van der Waals surface area contributed by atoms with Crippen LogP contribution in [0.5, 0.6) is 0 Å². The van der Waals surface area contributed by atoms with Crippen molar-refractivity contribution in [1.82, 2.24) is 10.6 Å². The molecule has 2 aliphatic heterocycles. The van der Waals surface area contributed by atoms with Crippen LogP contribution in [-0.4, -0.2) is 5.84 Å². The Hall–Kier alpha value is -7.75. The molecule has 0 radical (unpaired) electrons. The van der Waals surface area contributed by atoms with Crippen molar-refractivity contribution in [3.8, 4) is 11.1 Å². The molecule has 2 atom stereocenters. The van der Waals surface area contributed by atoms with Crippen LogP contribution in [0, 0.1) is 0 Å². The van der Waals surface area contributed by atoms with E-state index in [1.165, 1.54) is 39.0 Å². The van der Waals surface area contributed by atoms with Gasteiger partial charge in [-0.2, -0.15) is 0 Å². The Balaban J connectivity index is 1.18. The van der Waals surface area contributed by atoms with Crippen molar-refractivity contribution in [3.63, 3.8) is 0 Å². The minimum Gasteiger partial charge on any atom is -0.373 e. The van der Waals surface area contributed by atoms with Crippen molar-refractivity contribution < 1.29 is 0 Å². The highest BCUT2D eigenvalue weighted by molar-refractivity contribution is 6.24. The number of aliphatic imine (C=N–C) groups is 1. The van der Waals surface area contributed by atoms with Gasteiger partial charge in [-0.25, -0.2) is 4.99 Å². The second-order valence-corrected chi connectivity index (χ2v) is 15.2. The molecule has 0 aliphatic carbocycles. The van der Waals surface area contributed by atoms with E-state index in [2.05, 4.69) is 247 Å². The van der Waals surface area contributed by atoms with E-state index in [9.17, 15) is 0 Å². The van der Waals surface area contributed by atoms with E-state index in [0.717, 1.165) is 50.6 Å². The zero-order valence-corrected chi connectivity index (χ0v) is 33.1. The fraction of sp³-hybridized carbons (Fsp3) is 0.0351. The number of hydrogen-bond acceptors (Lipinski definition) is 3. The molecule has 3 nitrogen and oxygen atoms in total. The van der Waals surface area contributed by atoms with Crippen molar-refractivity contribution in [2.45, 2.75) is 12.1 Å². The molecular weight excluding hydrogens is 727 g/mol. The van der Waals surface area contributed by atoms with E-state index in [1.807, 2.05) is 0 Å². The van der Waals surface area contributed by atoms with Crippen LogP contribution in [0.3, 0.4) is 0 Å². The van der Waals surface area contributed by atoms with Gasteiger partial charge in [0.05, 0.1) is 23.5 Å². The molecule has 0 amide bonds. The van der Waals surface area contributed by atoms with Crippen LogP contribution in [-0.2, 0) is 0 Å². The summed E-state index contributed by atoms with van der Waals surface area (Å²) in [4.78, 5) is 5.39. The molecule has 8 aromatic rings. The van der Waals surface area contributed by atoms with Crippen molar-refractivity contribution >= 4 is 33.9 Å². The molecule has 2 aliphatic rings. The fourth-order valence-electron chi connectivity index (χ4n) is 8.51. The van der Waals surface area contributed by atoms with Gasteiger partial charge in [-0.05, 0) is 67.8 Å². The van der Waals surface area contributed by atoms with Gasteiger partial charge in [0, 0.05) is 16.7 Å². The number of rotatable bonds is 9. The number of benzene rings is 8. The molecule has 10 rings (SSSR count). The second-order valence-electron chi connectivity index (χ2n) is 15.2. The van der Waals surface area contributed by atoms with E-state index in [0.29, 0.717) is 0 Å². The maximum Gasteiger partial charge on any atom is 0.134 e. The molecule has 0 saturated heterocycles. The van der Waals surface area contributed by atoms with Crippen LogP contribution in [0.1, 0.15) is 56.6 Å². The summed E-state index contributed by atoms with van der Waals surface area (Å²) in [5, 5.41) is 7.88. The van der Waals surface area contributed by atoms with E-state index in [-0.39, 0.29) is 12.1 Å². The number of nitrogens with zero attached hydrogens (tertiary/aromatic N) is 1. The zero-order chi connectivity index (χ0) is 40.1. The molecule has 60 heavy (non-hydrogen) atoms. The first kappa shape index (κ1) is 36.6. The van der Waals surface area contributed by atoms with E-state index in [4.69, 9.17) is 4.99 Å². The van der Waals surface area contributed by atoms with Crippen molar-refractivity contribution in [3.05, 3.63) is 281 Å². The Morgan fingerprint density at radius 3 is 1.42 bits per heavy atom. The van der Waals surface area contributed by atoms with Gasteiger partial charge in [0.25, 0.3) is 0 Å². The summed E-state index contributed by atoms with van der Waals surface area (Å²) < 4.78 is 0. The molecule has 286 valence electrons. The number of hydrogen-bond donors (Lipinski definition) is 2. The number of dihydropyridines is 1. The lowest BCUT2D eigenvalue weighted by Crippen LogP contribution is -2.31. The molecule has 2 unspecified atom stereocenters. The number of allylic oxidation sites excluding steroid dienone is 2. The first-order valence-electron chi connectivity index (χ1n) is 20.6. The van der Waals surface area contributed by atoms with Crippen LogP contribution in [0.25, 0.3) is 39.2 Å². The van der Waals surface area contributed by atoms with Gasteiger partial charge < -0.3 is 10.6 Å². The Bertz CT molecular complexity index is 2860. The Kier molecular flexibility index (Phi) is 10.1. The standard InChI is InChI=1S/C57H43N3/c1-7-20-40(21-8-1)41-34-36-47(37-35-41)57-58-50(42-22-9-2-10-23-42)39-51(59-57)48-32-19-33-49(38-48)52-53(43-24-11-3-12-25-43)55(45-28-15-5-16-29-45)60-56(46-30-17-6-18-31-46)54(52)44-26-13-4-14-27-44/h1-39,50,55,60H,(H,58,59). The Labute approximate surface area is 352 Å². The van der Waals surface area contributed by atoms with Crippen LogP contribution >= 0.6 is 0 Å². The molecule has 2 N–H and O–H groups in total. The lowest BCUT2D eigenvalue weighted by molar-refractivity contribution is 0.781. The normalized spacial score (nSPS) is 16.3. The van der Waals surface area contributed by atoms with Crippen LogP contribution in [0.4, 0.5) is 0 Å². The molecule has 0 saturated carbocycles. The van der Waals surface area contributed by atoms with Crippen molar-refractivity contribution in [1.29, 1.82) is 0 Å². The third-order valence-electron chi connectivity index (χ3n) is 11.4. The van der Waals surface area contributed by atoms with Gasteiger partial charge in [0.15, 0.2) is 0 Å². The summed E-state index contributed by atoms with van der Waals surface area (Å²) in [6.45, 7) is 0. The summed E-state index contributed by atoms with van der Waals surface area (Å²) in [5.74, 6) is 0.845. The average molecular weight is 770 g/mol. The predicted molar refractivity (Wildman–Crippen MR) is 250 cm³/mol. The lowest BCUT2D eigenvalue weighted by Gasteiger charge is -2.36. The molecule has 0 aromatic heterocycles. The molecule has 0 fully saturated rings. The highest BCUT2D eigenvalue weighted by Crippen LogP contribution is 2.50. The highest BCUT2D eigenvalue weighted by Gasteiger charge is 2.33. The van der Waals surface area contributed by atoms with E-state index >= 15 is 0 Å². The minimum atomic E-state index is -0.126. The molecule has 0 bridgehead atoms. The number of nitrogens with one attached hydrogen (secondary N) is 2. The van der Waals surface area contributed by atoms with Crippen molar-refractivity contribution in [2.75, 3.05) is 0 Å². The van der Waals surface area contributed by atoms with Crippen LogP contribution in [0.2, 0.25) is 0 Å². The molecule has 2 heterocycles. The smallest absolute Gasteiger partial charge is 0.134 e. The van der Waals surface area contributed by atoms with Gasteiger partial charge in [0.2, 0.25) is 0 Å². The third kappa shape index (κ3) is 7.41. The quantitative estimate of drug-likeness (QED) is 0.153. The van der Waals surface area contributed by atoms with E-state index < -0.39 is 0 Å². The second kappa shape index (κ2) is 16.6. The SMILES string of the molecule is C1=C(c2cccc(C3=C(c4ccccc4)C(c4ccccc4)NC(c4ccccc4)=C3c3ccccc3)c2)N=C(c2ccc(-c3ccccc3)cc2)NC1c1ccccc1. The predicted octanol–water partition coefficient (Wildman–Crippen LogP) is 13.3. The largest absolute Gasteiger partial charge is 0.373 e. The summed E-state index contributed by atoms with van der Waals surface area (Å²) in [5.41, 5.74) is 17.0. The fourth-order valence-corrected chi connectivity index (χ4v) is 8.51. The van der Waals surface area contributed by atoms with Gasteiger partial charge in [0.1, 0.15) is 5.84 Å². The first-order chi connectivity index (χ1) is 29.8. The van der Waals surface area contributed by atoms with Gasteiger partial charge in [-0.15, -0.1) is 0 Å². The first-order valence-corrected chi connectivity index (χ1v) is 20.6. The van der Waals surface area contributed by atoms with Gasteiger partial charge in [-0.1, -0.05) is 224 Å².